The molecule has 4 nitrogen and oxygen atoms in total. The summed E-state index contributed by atoms with van der Waals surface area (Å²) in [5, 5.41) is 3.88. The van der Waals surface area contributed by atoms with Gasteiger partial charge in [-0.2, -0.15) is 5.10 Å². The quantitative estimate of drug-likeness (QED) is 0.664. The molecule has 0 saturated carbocycles. The van der Waals surface area contributed by atoms with Crippen molar-refractivity contribution >= 4 is 12.1 Å². The molecule has 0 aliphatic rings. The van der Waals surface area contributed by atoms with Crippen molar-refractivity contribution in [1.82, 2.24) is 5.43 Å². The largest absolute Gasteiger partial charge is 0.459 e. The Labute approximate surface area is 105 Å². The number of hydrogen-bond acceptors (Lipinski definition) is 3. The molecule has 0 aliphatic carbocycles. The molecule has 0 spiro atoms. The number of nitrogens with zero attached hydrogens (tertiary/aromatic N) is 1. The molecule has 1 N–H and O–H groups in total. The van der Waals surface area contributed by atoms with Gasteiger partial charge in [-0.05, 0) is 42.7 Å². The highest BCUT2D eigenvalue weighted by Gasteiger charge is 2.05. The summed E-state index contributed by atoms with van der Waals surface area (Å²) >= 11 is 0. The van der Waals surface area contributed by atoms with E-state index in [4.69, 9.17) is 4.42 Å². The fourth-order valence-electron chi connectivity index (χ4n) is 1.47. The molecular weight excluding hydrogens is 228 g/mol. The molecular formula is C14H14N2O2. The van der Waals surface area contributed by atoms with Crippen LogP contribution in [-0.2, 0) is 0 Å². The lowest BCUT2D eigenvalue weighted by Crippen LogP contribution is -2.16. The van der Waals surface area contributed by atoms with Crippen LogP contribution >= 0.6 is 0 Å². The van der Waals surface area contributed by atoms with Crippen LogP contribution in [-0.4, -0.2) is 12.1 Å². The maximum absolute atomic E-state index is 11.5. The summed E-state index contributed by atoms with van der Waals surface area (Å²) in [5.41, 5.74) is 5.77. The predicted octanol–water partition coefficient (Wildman–Crippen LogP) is 2.66. The minimum absolute atomic E-state index is 0.243. The van der Waals surface area contributed by atoms with Crippen molar-refractivity contribution in [3.63, 3.8) is 0 Å². The average molecular weight is 242 g/mol. The van der Waals surface area contributed by atoms with Crippen LogP contribution in [0.25, 0.3) is 0 Å². The maximum atomic E-state index is 11.5. The fraction of sp³-hybridized carbons (Fsp3) is 0.143. The molecule has 1 aromatic heterocycles. The molecule has 0 saturated heterocycles. The third-order valence-electron chi connectivity index (χ3n) is 2.66. The second-order valence-corrected chi connectivity index (χ2v) is 4.02. The van der Waals surface area contributed by atoms with Gasteiger partial charge in [0.2, 0.25) is 0 Å². The van der Waals surface area contributed by atoms with E-state index < -0.39 is 0 Å². The predicted molar refractivity (Wildman–Crippen MR) is 69.7 cm³/mol. The molecule has 4 heteroatoms. The molecule has 1 heterocycles. The Balaban J connectivity index is 1.99. The Kier molecular flexibility index (Phi) is 3.57. The van der Waals surface area contributed by atoms with E-state index in [0.29, 0.717) is 0 Å². The van der Waals surface area contributed by atoms with E-state index in [9.17, 15) is 4.79 Å². The Morgan fingerprint density at radius 1 is 1.28 bits per heavy atom. The first-order chi connectivity index (χ1) is 8.66. The van der Waals surface area contributed by atoms with Crippen LogP contribution in [0, 0.1) is 13.8 Å². The van der Waals surface area contributed by atoms with Crippen molar-refractivity contribution in [2.75, 3.05) is 0 Å². The number of carbonyl (C=O) groups excluding carboxylic acids is 1. The van der Waals surface area contributed by atoms with Crippen LogP contribution in [0.4, 0.5) is 0 Å². The van der Waals surface area contributed by atoms with E-state index >= 15 is 0 Å². The zero-order valence-corrected chi connectivity index (χ0v) is 10.3. The zero-order valence-electron chi connectivity index (χ0n) is 10.3. The van der Waals surface area contributed by atoms with Gasteiger partial charge < -0.3 is 4.42 Å². The van der Waals surface area contributed by atoms with Gasteiger partial charge in [-0.1, -0.05) is 18.2 Å². The van der Waals surface area contributed by atoms with E-state index in [2.05, 4.69) is 17.5 Å². The third kappa shape index (κ3) is 2.85. The van der Waals surface area contributed by atoms with E-state index in [1.165, 1.54) is 17.4 Å². The summed E-state index contributed by atoms with van der Waals surface area (Å²) in [4.78, 5) is 11.5. The van der Waals surface area contributed by atoms with Gasteiger partial charge in [-0.15, -0.1) is 0 Å². The van der Waals surface area contributed by atoms with Crippen molar-refractivity contribution in [3.05, 3.63) is 59.0 Å². The Hall–Kier alpha value is -2.36. The van der Waals surface area contributed by atoms with Gasteiger partial charge in [0.05, 0.1) is 12.5 Å². The van der Waals surface area contributed by atoms with Crippen molar-refractivity contribution in [1.29, 1.82) is 0 Å². The lowest BCUT2D eigenvalue weighted by atomic mass is 10.1. The summed E-state index contributed by atoms with van der Waals surface area (Å²) in [5.74, 6) is -0.118. The Bertz CT molecular complexity index is 571. The number of rotatable bonds is 3. The number of furan rings is 1. The molecule has 0 fully saturated rings. The Morgan fingerprint density at radius 2 is 2.11 bits per heavy atom. The molecule has 2 rings (SSSR count). The lowest BCUT2D eigenvalue weighted by molar-refractivity contribution is 0.0927. The van der Waals surface area contributed by atoms with Crippen LogP contribution < -0.4 is 5.43 Å². The number of hydrogen-bond donors (Lipinski definition) is 1. The van der Waals surface area contributed by atoms with Crippen LogP contribution in [0.2, 0.25) is 0 Å². The van der Waals surface area contributed by atoms with Gasteiger partial charge >= 0.3 is 5.91 Å². The molecule has 0 bridgehead atoms. The highest BCUT2D eigenvalue weighted by atomic mass is 16.3. The fourth-order valence-corrected chi connectivity index (χ4v) is 1.47. The number of amides is 1. The lowest BCUT2D eigenvalue weighted by Gasteiger charge is -2.00. The van der Waals surface area contributed by atoms with Crippen molar-refractivity contribution in [2.24, 2.45) is 5.10 Å². The molecule has 0 atom stereocenters. The first-order valence-electron chi connectivity index (χ1n) is 5.61. The second kappa shape index (κ2) is 5.31. The maximum Gasteiger partial charge on any atom is 0.307 e. The normalized spacial score (nSPS) is 10.8. The zero-order chi connectivity index (χ0) is 13.0. The van der Waals surface area contributed by atoms with E-state index in [0.717, 1.165) is 5.56 Å². The van der Waals surface area contributed by atoms with Gasteiger partial charge in [0.25, 0.3) is 0 Å². The smallest absolute Gasteiger partial charge is 0.307 e. The van der Waals surface area contributed by atoms with Crippen molar-refractivity contribution in [3.8, 4) is 0 Å². The first-order valence-corrected chi connectivity index (χ1v) is 5.61. The van der Waals surface area contributed by atoms with E-state index in [1.54, 1.807) is 18.3 Å². The molecule has 1 amide bonds. The minimum Gasteiger partial charge on any atom is -0.459 e. The van der Waals surface area contributed by atoms with Gasteiger partial charge in [0, 0.05) is 0 Å². The monoisotopic (exact) mass is 242 g/mol. The van der Waals surface area contributed by atoms with Gasteiger partial charge in [0.1, 0.15) is 0 Å². The molecule has 0 radical (unpaired) electrons. The average Bonchev–Trinajstić information content (AvgIpc) is 2.87. The summed E-state index contributed by atoms with van der Waals surface area (Å²) in [6.45, 7) is 4.09. The van der Waals surface area contributed by atoms with Crippen LogP contribution in [0.15, 0.2) is 46.1 Å². The third-order valence-corrected chi connectivity index (χ3v) is 2.66. The SMILES string of the molecule is Cc1ccc(/C=N\NC(=O)c2ccco2)cc1C. The minimum atomic E-state index is -0.361. The van der Waals surface area contributed by atoms with E-state index in [1.807, 2.05) is 25.1 Å². The second-order valence-electron chi connectivity index (χ2n) is 4.02. The van der Waals surface area contributed by atoms with Crippen LogP contribution in [0.3, 0.4) is 0 Å². The van der Waals surface area contributed by atoms with Gasteiger partial charge in [-0.25, -0.2) is 5.43 Å². The number of benzene rings is 1. The Morgan fingerprint density at radius 3 is 2.78 bits per heavy atom. The summed E-state index contributed by atoms with van der Waals surface area (Å²) in [6, 6.07) is 9.22. The standard InChI is InChI=1S/C14H14N2O2/c1-10-5-6-12(8-11(10)2)9-15-16-14(17)13-4-3-7-18-13/h3-9H,1-2H3,(H,16,17)/b15-9-. The van der Waals surface area contributed by atoms with E-state index in [-0.39, 0.29) is 11.7 Å². The van der Waals surface area contributed by atoms with Crippen molar-refractivity contribution in [2.45, 2.75) is 13.8 Å². The summed E-state index contributed by atoms with van der Waals surface area (Å²) in [6.07, 6.45) is 3.05. The van der Waals surface area contributed by atoms with Crippen LogP contribution in [0.5, 0.6) is 0 Å². The summed E-state index contributed by atoms with van der Waals surface area (Å²) in [7, 11) is 0. The number of nitrogens with one attached hydrogen (secondary N) is 1. The van der Waals surface area contributed by atoms with Gasteiger partial charge in [0.15, 0.2) is 5.76 Å². The highest BCUT2D eigenvalue weighted by molar-refractivity contribution is 5.92. The molecule has 0 aliphatic heterocycles. The molecule has 1 aromatic carbocycles. The number of aryl methyl sites for hydroxylation is 2. The summed E-state index contributed by atoms with van der Waals surface area (Å²) < 4.78 is 4.95. The highest BCUT2D eigenvalue weighted by Crippen LogP contribution is 2.07. The molecule has 92 valence electrons. The van der Waals surface area contributed by atoms with Crippen molar-refractivity contribution < 1.29 is 9.21 Å². The van der Waals surface area contributed by atoms with Gasteiger partial charge in [-0.3, -0.25) is 4.79 Å². The first kappa shape index (κ1) is 12.1. The number of carbonyl (C=O) groups is 1. The topological polar surface area (TPSA) is 54.6 Å². The molecule has 0 unspecified atom stereocenters. The molecule has 2 aromatic rings. The number of hydrazone groups is 1. The molecule has 18 heavy (non-hydrogen) atoms. The van der Waals surface area contributed by atoms with Crippen LogP contribution in [0.1, 0.15) is 27.2 Å².